The fourth-order valence-corrected chi connectivity index (χ4v) is 2.36. The van der Waals surface area contributed by atoms with Crippen LogP contribution < -0.4 is 0 Å². The fourth-order valence-electron chi connectivity index (χ4n) is 2.36. The van der Waals surface area contributed by atoms with Gasteiger partial charge in [-0.2, -0.15) is 0 Å². The van der Waals surface area contributed by atoms with E-state index in [2.05, 4.69) is 4.90 Å². The zero-order valence-electron chi connectivity index (χ0n) is 11.1. The number of nitrogens with zero attached hydrogens (tertiary/aromatic N) is 2. The molecular weight excluding hydrogens is 232 g/mol. The number of ketones is 1. The molecule has 1 fully saturated rings. The van der Waals surface area contributed by atoms with Crippen LogP contribution in [0.25, 0.3) is 0 Å². The third-order valence-corrected chi connectivity index (χ3v) is 3.42. The van der Waals surface area contributed by atoms with Crippen molar-refractivity contribution < 1.29 is 14.3 Å². The molecule has 0 aromatic carbocycles. The van der Waals surface area contributed by atoms with Crippen LogP contribution in [0.15, 0.2) is 18.5 Å². The highest BCUT2D eigenvalue weighted by Gasteiger charge is 2.33. The van der Waals surface area contributed by atoms with Crippen molar-refractivity contribution >= 4 is 5.78 Å². The van der Waals surface area contributed by atoms with Crippen LogP contribution >= 0.6 is 0 Å². The second-order valence-corrected chi connectivity index (χ2v) is 4.73. The monoisotopic (exact) mass is 252 g/mol. The number of aryl methyl sites for hydroxylation is 1. The Morgan fingerprint density at radius 1 is 1.33 bits per heavy atom. The summed E-state index contributed by atoms with van der Waals surface area (Å²) >= 11 is 0. The first-order chi connectivity index (χ1) is 8.63. The number of carbonyl (C=O) groups is 1. The number of rotatable bonds is 5. The van der Waals surface area contributed by atoms with Crippen LogP contribution in [0.5, 0.6) is 0 Å². The van der Waals surface area contributed by atoms with Crippen LogP contribution in [0.3, 0.4) is 0 Å². The lowest BCUT2D eigenvalue weighted by Gasteiger charge is -2.13. The molecule has 2 unspecified atom stereocenters. The zero-order chi connectivity index (χ0) is 13.1. The molecule has 0 N–H and O–H groups in total. The van der Waals surface area contributed by atoms with E-state index in [1.54, 1.807) is 14.2 Å². The van der Waals surface area contributed by atoms with E-state index < -0.39 is 0 Å². The van der Waals surface area contributed by atoms with Gasteiger partial charge in [-0.3, -0.25) is 9.69 Å². The maximum atomic E-state index is 12.1. The van der Waals surface area contributed by atoms with Crippen LogP contribution in [0.4, 0.5) is 0 Å². The quantitative estimate of drug-likeness (QED) is 0.718. The van der Waals surface area contributed by atoms with Gasteiger partial charge in [0.25, 0.3) is 0 Å². The predicted octanol–water partition coefficient (Wildman–Crippen LogP) is 0.553. The summed E-state index contributed by atoms with van der Waals surface area (Å²) in [6.45, 7) is 1.91. The van der Waals surface area contributed by atoms with Crippen molar-refractivity contribution in [2.24, 2.45) is 7.05 Å². The van der Waals surface area contributed by atoms with E-state index in [1.165, 1.54) is 0 Å². The molecule has 0 radical (unpaired) electrons. The summed E-state index contributed by atoms with van der Waals surface area (Å²) in [7, 11) is 5.27. The Bertz CT molecular complexity index is 404. The van der Waals surface area contributed by atoms with Crippen LogP contribution in [0.1, 0.15) is 10.4 Å². The Balaban J connectivity index is 1.93. The molecule has 1 aliphatic rings. The van der Waals surface area contributed by atoms with Crippen molar-refractivity contribution in [3.8, 4) is 0 Å². The molecule has 2 rings (SSSR count). The Hall–Kier alpha value is -1.17. The third-order valence-electron chi connectivity index (χ3n) is 3.42. The smallest absolute Gasteiger partial charge is 0.178 e. The maximum absolute atomic E-state index is 12.1. The molecule has 0 bridgehead atoms. The van der Waals surface area contributed by atoms with Crippen molar-refractivity contribution in [3.05, 3.63) is 24.0 Å². The van der Waals surface area contributed by atoms with E-state index in [0.717, 1.165) is 18.7 Å². The number of Topliss-reactive ketones (excluding diaryl/α,β-unsaturated/α-hetero) is 1. The molecule has 0 aliphatic carbocycles. The van der Waals surface area contributed by atoms with Crippen LogP contribution in [-0.2, 0) is 16.5 Å². The van der Waals surface area contributed by atoms with Crippen molar-refractivity contribution in [3.63, 3.8) is 0 Å². The van der Waals surface area contributed by atoms with Gasteiger partial charge in [0.05, 0.1) is 18.8 Å². The predicted molar refractivity (Wildman–Crippen MR) is 67.8 cm³/mol. The van der Waals surface area contributed by atoms with Crippen molar-refractivity contribution in [1.29, 1.82) is 0 Å². The average Bonchev–Trinajstić information content (AvgIpc) is 2.95. The van der Waals surface area contributed by atoms with Gasteiger partial charge < -0.3 is 14.0 Å². The number of aromatic nitrogens is 1. The minimum absolute atomic E-state index is 0.0542. The minimum atomic E-state index is 0.0542. The van der Waals surface area contributed by atoms with Gasteiger partial charge in [-0.05, 0) is 6.07 Å². The van der Waals surface area contributed by atoms with Gasteiger partial charge in [0, 0.05) is 52.3 Å². The summed E-state index contributed by atoms with van der Waals surface area (Å²) in [4.78, 5) is 14.1. The maximum Gasteiger partial charge on any atom is 0.178 e. The molecule has 100 valence electrons. The van der Waals surface area contributed by atoms with E-state index in [1.807, 2.05) is 30.1 Å². The Kier molecular flexibility index (Phi) is 4.16. The summed E-state index contributed by atoms with van der Waals surface area (Å²) in [5.41, 5.74) is 0.757. The highest BCUT2D eigenvalue weighted by atomic mass is 16.5. The van der Waals surface area contributed by atoms with Crippen LogP contribution in [0, 0.1) is 0 Å². The standard InChI is InChI=1S/C13H20N2O3/c1-14-5-4-10(6-14)11(16)7-15-8-12(17-2)13(9-15)18-3/h4-6,12-13H,7-9H2,1-3H3. The number of hydrogen-bond acceptors (Lipinski definition) is 4. The largest absolute Gasteiger partial charge is 0.377 e. The molecule has 0 spiro atoms. The van der Waals surface area contributed by atoms with Crippen LogP contribution in [-0.4, -0.2) is 61.3 Å². The van der Waals surface area contributed by atoms with Crippen molar-refractivity contribution in [1.82, 2.24) is 9.47 Å². The lowest BCUT2D eigenvalue weighted by molar-refractivity contribution is -0.00461. The van der Waals surface area contributed by atoms with E-state index in [-0.39, 0.29) is 18.0 Å². The molecule has 18 heavy (non-hydrogen) atoms. The number of likely N-dealkylation sites (tertiary alicyclic amines) is 1. The Morgan fingerprint density at radius 2 is 1.94 bits per heavy atom. The van der Waals surface area contributed by atoms with Gasteiger partial charge in [0.1, 0.15) is 0 Å². The van der Waals surface area contributed by atoms with E-state index >= 15 is 0 Å². The first kappa shape index (κ1) is 13.3. The molecule has 5 heteroatoms. The van der Waals surface area contributed by atoms with Gasteiger partial charge in [-0.25, -0.2) is 0 Å². The van der Waals surface area contributed by atoms with E-state index in [9.17, 15) is 4.79 Å². The zero-order valence-corrected chi connectivity index (χ0v) is 11.1. The van der Waals surface area contributed by atoms with Gasteiger partial charge >= 0.3 is 0 Å². The van der Waals surface area contributed by atoms with Gasteiger partial charge in [0.15, 0.2) is 5.78 Å². The summed E-state index contributed by atoms with van der Waals surface area (Å²) in [6.07, 6.45) is 3.84. The van der Waals surface area contributed by atoms with Crippen LogP contribution in [0.2, 0.25) is 0 Å². The molecular formula is C13H20N2O3. The number of methoxy groups -OCH3 is 2. The topological polar surface area (TPSA) is 43.7 Å². The summed E-state index contributed by atoms with van der Waals surface area (Å²) < 4.78 is 12.6. The highest BCUT2D eigenvalue weighted by Crippen LogP contribution is 2.16. The molecule has 5 nitrogen and oxygen atoms in total. The minimum Gasteiger partial charge on any atom is -0.377 e. The van der Waals surface area contributed by atoms with Crippen molar-refractivity contribution in [2.45, 2.75) is 12.2 Å². The van der Waals surface area contributed by atoms with Gasteiger partial charge in [-0.15, -0.1) is 0 Å². The van der Waals surface area contributed by atoms with Crippen molar-refractivity contribution in [2.75, 3.05) is 33.9 Å². The fraction of sp³-hybridized carbons (Fsp3) is 0.615. The Labute approximate surface area is 107 Å². The Morgan fingerprint density at radius 3 is 2.39 bits per heavy atom. The highest BCUT2D eigenvalue weighted by molar-refractivity contribution is 5.97. The average molecular weight is 252 g/mol. The summed E-state index contributed by atoms with van der Waals surface area (Å²) in [6, 6.07) is 1.85. The van der Waals surface area contributed by atoms with Gasteiger partial charge in [0.2, 0.25) is 0 Å². The molecule has 1 aromatic rings. The number of carbonyl (C=O) groups excluding carboxylic acids is 1. The first-order valence-electron chi connectivity index (χ1n) is 6.07. The molecule has 1 aromatic heterocycles. The molecule has 0 saturated carbocycles. The lowest BCUT2D eigenvalue weighted by atomic mass is 10.2. The molecule has 2 heterocycles. The number of ether oxygens (including phenoxy) is 2. The SMILES string of the molecule is COC1CN(CC(=O)c2ccn(C)c2)CC1OC. The molecule has 0 amide bonds. The normalized spacial score (nSPS) is 24.6. The lowest BCUT2D eigenvalue weighted by Crippen LogP contribution is -2.29. The third kappa shape index (κ3) is 2.80. The summed E-state index contributed by atoms with van der Waals surface area (Å²) in [5.74, 6) is 0.141. The summed E-state index contributed by atoms with van der Waals surface area (Å²) in [5, 5.41) is 0. The number of hydrogen-bond donors (Lipinski definition) is 0. The van der Waals surface area contributed by atoms with E-state index in [4.69, 9.17) is 9.47 Å². The molecule has 2 atom stereocenters. The second kappa shape index (κ2) is 5.65. The second-order valence-electron chi connectivity index (χ2n) is 4.73. The van der Waals surface area contributed by atoms with E-state index in [0.29, 0.717) is 6.54 Å². The van der Waals surface area contributed by atoms with Gasteiger partial charge in [-0.1, -0.05) is 0 Å². The first-order valence-corrected chi connectivity index (χ1v) is 6.07. The molecule has 1 aliphatic heterocycles. The molecule has 1 saturated heterocycles.